The number of nitrogens with zero attached hydrogens (tertiary/aromatic N) is 3. The summed E-state index contributed by atoms with van der Waals surface area (Å²) < 4.78 is 5.61. The van der Waals surface area contributed by atoms with Crippen LogP contribution in [0.5, 0.6) is 0 Å². The summed E-state index contributed by atoms with van der Waals surface area (Å²) in [6, 6.07) is 2.44. The molecule has 2 saturated carbocycles. The molecule has 0 aromatic carbocycles. The zero-order chi connectivity index (χ0) is 20.9. The van der Waals surface area contributed by atoms with Crippen molar-refractivity contribution >= 4 is 11.8 Å². The van der Waals surface area contributed by atoms with Gasteiger partial charge in [0, 0.05) is 32.2 Å². The number of nitrogens with one attached hydrogen (secondary N) is 2. The van der Waals surface area contributed by atoms with Gasteiger partial charge in [0.15, 0.2) is 5.57 Å². The molecule has 2 heterocycles. The van der Waals surface area contributed by atoms with Crippen LogP contribution in [0.1, 0.15) is 51.4 Å². The van der Waals surface area contributed by atoms with Crippen LogP contribution in [0.2, 0.25) is 0 Å². The second kappa shape index (κ2) is 9.80. The predicted molar refractivity (Wildman–Crippen MR) is 115 cm³/mol. The van der Waals surface area contributed by atoms with Crippen molar-refractivity contribution in [1.29, 1.82) is 5.26 Å². The molecule has 8 heteroatoms. The Hall–Kier alpha value is -2.11. The van der Waals surface area contributed by atoms with Gasteiger partial charge >= 0.3 is 5.97 Å². The van der Waals surface area contributed by atoms with Gasteiger partial charge in [-0.3, -0.25) is 4.99 Å². The van der Waals surface area contributed by atoms with Gasteiger partial charge in [0.05, 0.1) is 18.7 Å². The average molecular weight is 415 g/mol. The summed E-state index contributed by atoms with van der Waals surface area (Å²) in [6.07, 6.45) is 8.51. The van der Waals surface area contributed by atoms with Crippen molar-refractivity contribution in [2.45, 2.75) is 69.5 Å². The van der Waals surface area contributed by atoms with Crippen LogP contribution < -0.4 is 16.4 Å². The van der Waals surface area contributed by atoms with Gasteiger partial charge in [0.1, 0.15) is 17.6 Å². The van der Waals surface area contributed by atoms with Crippen LogP contribution in [0.25, 0.3) is 0 Å². The molecule has 0 radical (unpaired) electrons. The monoisotopic (exact) mass is 414 g/mol. The lowest BCUT2D eigenvalue weighted by molar-refractivity contribution is -0.140. The lowest BCUT2D eigenvalue weighted by Crippen LogP contribution is -2.56. The van der Waals surface area contributed by atoms with Gasteiger partial charge in [0.2, 0.25) is 0 Å². The van der Waals surface area contributed by atoms with E-state index >= 15 is 0 Å². The first-order valence-corrected chi connectivity index (χ1v) is 11.5. The molecule has 4 N–H and O–H groups in total. The van der Waals surface area contributed by atoms with E-state index in [1.807, 2.05) is 0 Å². The largest absolute Gasteiger partial charge is 0.461 e. The number of nitriles is 1. The Morgan fingerprint density at radius 1 is 1.20 bits per heavy atom. The molecule has 4 aliphatic rings. The van der Waals surface area contributed by atoms with Crippen molar-refractivity contribution in [3.05, 3.63) is 11.3 Å². The molecule has 4 rings (SSSR count). The minimum absolute atomic E-state index is 0.0423. The summed E-state index contributed by atoms with van der Waals surface area (Å²) in [6.45, 7) is 3.72. The first-order chi connectivity index (χ1) is 14.7. The number of ether oxygens (including phenoxy) is 1. The van der Waals surface area contributed by atoms with Gasteiger partial charge in [-0.2, -0.15) is 5.26 Å². The van der Waals surface area contributed by atoms with E-state index in [0.29, 0.717) is 18.2 Å². The third-order valence-electron chi connectivity index (χ3n) is 6.85. The van der Waals surface area contributed by atoms with Gasteiger partial charge in [-0.1, -0.05) is 19.3 Å². The first-order valence-electron chi connectivity index (χ1n) is 11.5. The van der Waals surface area contributed by atoms with Gasteiger partial charge in [-0.25, -0.2) is 4.79 Å². The van der Waals surface area contributed by atoms with E-state index in [-0.39, 0.29) is 23.7 Å². The molecule has 3 unspecified atom stereocenters. The zero-order valence-corrected chi connectivity index (χ0v) is 17.7. The molecule has 30 heavy (non-hydrogen) atoms. The molecule has 2 aliphatic heterocycles. The van der Waals surface area contributed by atoms with Gasteiger partial charge in [-0.15, -0.1) is 0 Å². The number of rotatable bonds is 3. The zero-order valence-electron chi connectivity index (χ0n) is 17.7. The maximum atomic E-state index is 12.9. The minimum atomic E-state index is -0.535. The second-order valence-corrected chi connectivity index (χ2v) is 9.05. The van der Waals surface area contributed by atoms with Crippen LogP contribution in [-0.4, -0.2) is 67.6 Å². The quantitative estimate of drug-likeness (QED) is 0.359. The number of piperazine rings is 1. The summed E-state index contributed by atoms with van der Waals surface area (Å²) in [4.78, 5) is 20.1. The van der Waals surface area contributed by atoms with Crippen LogP contribution in [0.4, 0.5) is 0 Å². The van der Waals surface area contributed by atoms with Crippen LogP contribution >= 0.6 is 0 Å². The summed E-state index contributed by atoms with van der Waals surface area (Å²) in [5.41, 5.74) is 6.76. The molecule has 3 atom stereocenters. The van der Waals surface area contributed by atoms with Crippen molar-refractivity contribution in [3.63, 3.8) is 0 Å². The Labute approximate surface area is 178 Å². The van der Waals surface area contributed by atoms with Crippen molar-refractivity contribution in [2.24, 2.45) is 16.6 Å². The summed E-state index contributed by atoms with van der Waals surface area (Å²) >= 11 is 0. The number of hydrogen-bond acceptors (Lipinski definition) is 8. The van der Waals surface area contributed by atoms with E-state index in [0.717, 1.165) is 64.1 Å². The fourth-order valence-electron chi connectivity index (χ4n) is 5.09. The third kappa shape index (κ3) is 4.79. The van der Waals surface area contributed by atoms with E-state index in [1.165, 1.54) is 19.3 Å². The van der Waals surface area contributed by atoms with Gasteiger partial charge < -0.3 is 26.0 Å². The van der Waals surface area contributed by atoms with Crippen molar-refractivity contribution in [2.75, 3.05) is 32.8 Å². The summed E-state index contributed by atoms with van der Waals surface area (Å²) in [7, 11) is 0. The number of nitrogens with two attached hydrogens (primary N) is 1. The first kappa shape index (κ1) is 21.1. The second-order valence-electron chi connectivity index (χ2n) is 9.05. The molecular formula is C22H34N6O2. The van der Waals surface area contributed by atoms with Crippen molar-refractivity contribution in [3.8, 4) is 6.07 Å². The summed E-state index contributed by atoms with van der Waals surface area (Å²) in [5.74, 6) is 0.611. The standard InChI is InChI=1S/C22H34N6O2/c23-13-17(22(29)30-14-15-4-2-1-3-5-15)20-21(28-10-8-25-9-11-28)27-18-7-6-16(24)12-19(18)26-20/h15-16,18-19,25-26H,1-12,14,24H2/b20-17-. The number of carbonyl (C=O) groups is 1. The smallest absolute Gasteiger partial charge is 0.351 e. The molecule has 0 bridgehead atoms. The number of hydrogen-bond donors (Lipinski definition) is 3. The number of esters is 1. The van der Waals surface area contributed by atoms with E-state index in [2.05, 4.69) is 21.6 Å². The number of fused-ring (bicyclic) bond motifs is 1. The normalized spacial score (nSPS) is 31.7. The molecular weight excluding hydrogens is 380 g/mol. The Bertz CT molecular complexity index is 730. The topological polar surface area (TPSA) is 116 Å². The van der Waals surface area contributed by atoms with Gasteiger partial charge in [0.25, 0.3) is 0 Å². The fourth-order valence-corrected chi connectivity index (χ4v) is 5.09. The molecule has 0 spiro atoms. The van der Waals surface area contributed by atoms with Crippen molar-refractivity contribution in [1.82, 2.24) is 15.5 Å². The maximum absolute atomic E-state index is 12.9. The molecule has 164 valence electrons. The molecule has 3 fully saturated rings. The molecule has 2 aliphatic carbocycles. The molecule has 8 nitrogen and oxygen atoms in total. The van der Waals surface area contributed by atoms with Crippen molar-refractivity contribution < 1.29 is 9.53 Å². The van der Waals surface area contributed by atoms with Crippen LogP contribution in [0.15, 0.2) is 16.3 Å². The third-order valence-corrected chi connectivity index (χ3v) is 6.85. The average Bonchev–Trinajstić information content (AvgIpc) is 2.79. The molecule has 0 aromatic rings. The van der Waals surface area contributed by atoms with E-state index in [9.17, 15) is 10.1 Å². The van der Waals surface area contributed by atoms with Crippen LogP contribution in [0, 0.1) is 17.2 Å². The SMILES string of the molecule is N#C/C(C(=O)OCC1CCCCC1)=C1/NC2CC(N)CCC2N=C1N1CCNCC1. The lowest BCUT2D eigenvalue weighted by Gasteiger charge is -2.42. The number of carbonyl (C=O) groups excluding carboxylic acids is 1. The molecule has 1 saturated heterocycles. The molecule has 0 amide bonds. The Kier molecular flexibility index (Phi) is 6.90. The number of aliphatic imine (C=N–C) groups is 1. The highest BCUT2D eigenvalue weighted by Gasteiger charge is 2.38. The Balaban J connectivity index is 1.57. The molecule has 0 aromatic heterocycles. The summed E-state index contributed by atoms with van der Waals surface area (Å²) in [5, 5.41) is 16.7. The van der Waals surface area contributed by atoms with E-state index in [1.54, 1.807) is 0 Å². The van der Waals surface area contributed by atoms with Gasteiger partial charge in [-0.05, 0) is 38.0 Å². The Morgan fingerprint density at radius 3 is 2.70 bits per heavy atom. The maximum Gasteiger partial charge on any atom is 0.351 e. The van der Waals surface area contributed by atoms with E-state index < -0.39 is 5.97 Å². The highest BCUT2D eigenvalue weighted by atomic mass is 16.5. The predicted octanol–water partition coefficient (Wildman–Crippen LogP) is 1.04. The van der Waals surface area contributed by atoms with E-state index in [4.69, 9.17) is 15.5 Å². The fraction of sp³-hybridized carbons (Fsp3) is 0.773. The number of amidine groups is 1. The Morgan fingerprint density at radius 2 is 1.97 bits per heavy atom. The highest BCUT2D eigenvalue weighted by Crippen LogP contribution is 2.28. The van der Waals surface area contributed by atoms with Crippen LogP contribution in [0.3, 0.4) is 0 Å². The van der Waals surface area contributed by atoms with Crippen LogP contribution in [-0.2, 0) is 9.53 Å². The lowest BCUT2D eigenvalue weighted by atomic mass is 9.85. The minimum Gasteiger partial charge on any atom is -0.461 e. The highest BCUT2D eigenvalue weighted by molar-refractivity contribution is 6.07.